The molecule has 0 spiro atoms. The molecular weight excluding hydrogens is 222 g/mol. The lowest BCUT2D eigenvalue weighted by atomic mass is 10.2. The van der Waals surface area contributed by atoms with Gasteiger partial charge < -0.3 is 9.74 Å². The minimum Gasteiger partial charge on any atom is -0.415 e. The maximum absolute atomic E-state index is 6.14. The van der Waals surface area contributed by atoms with Crippen molar-refractivity contribution in [2.45, 2.75) is 57.8 Å². The maximum Gasteiger partial charge on any atom is 0.192 e. The van der Waals surface area contributed by atoms with Crippen molar-refractivity contribution >= 4 is 25.5 Å². The van der Waals surface area contributed by atoms with Gasteiger partial charge in [0.2, 0.25) is 0 Å². The number of nitrogens with one attached hydrogen (secondary N) is 1. The van der Waals surface area contributed by atoms with E-state index in [0.717, 1.165) is 24.4 Å². The fourth-order valence-corrected chi connectivity index (χ4v) is 2.66. The molecule has 88 valence electrons. The van der Waals surface area contributed by atoms with Crippen molar-refractivity contribution in [3.8, 4) is 0 Å². The molecule has 2 nitrogen and oxygen atoms in total. The fraction of sp³-hybridized carbons (Fsp3) is 0.909. The molecule has 1 heterocycles. The Kier molecular flexibility index (Phi) is 3.95. The van der Waals surface area contributed by atoms with Crippen LogP contribution in [0.5, 0.6) is 0 Å². The van der Waals surface area contributed by atoms with Crippen LogP contribution in [-0.4, -0.2) is 26.0 Å². The molecular formula is C11H23NOSSi. The summed E-state index contributed by atoms with van der Waals surface area (Å²) in [5.74, 6) is 0. The van der Waals surface area contributed by atoms with Gasteiger partial charge in [-0.3, -0.25) is 0 Å². The van der Waals surface area contributed by atoms with Crippen molar-refractivity contribution < 1.29 is 4.43 Å². The third-order valence-corrected chi connectivity index (χ3v) is 8.36. The van der Waals surface area contributed by atoms with E-state index in [2.05, 4.69) is 39.2 Å². The van der Waals surface area contributed by atoms with E-state index in [-0.39, 0.29) is 0 Å². The Labute approximate surface area is 99.9 Å². The maximum atomic E-state index is 6.14. The Balaban J connectivity index is 2.40. The summed E-state index contributed by atoms with van der Waals surface area (Å²) in [7, 11) is -1.58. The smallest absolute Gasteiger partial charge is 0.192 e. The lowest BCUT2D eigenvalue weighted by Gasteiger charge is -2.36. The van der Waals surface area contributed by atoms with Gasteiger partial charge in [-0.1, -0.05) is 33.0 Å². The molecule has 0 bridgehead atoms. The average molecular weight is 245 g/mol. The highest BCUT2D eigenvalue weighted by molar-refractivity contribution is 7.80. The first-order valence-electron chi connectivity index (χ1n) is 5.66. The molecule has 0 aliphatic carbocycles. The third kappa shape index (κ3) is 3.54. The van der Waals surface area contributed by atoms with Gasteiger partial charge in [-0.05, 0) is 31.0 Å². The van der Waals surface area contributed by atoms with Crippen molar-refractivity contribution in [2.75, 3.05) is 6.61 Å². The van der Waals surface area contributed by atoms with E-state index in [1.54, 1.807) is 0 Å². The van der Waals surface area contributed by atoms with Gasteiger partial charge in [0.1, 0.15) is 0 Å². The van der Waals surface area contributed by atoms with Crippen LogP contribution in [0.25, 0.3) is 0 Å². The van der Waals surface area contributed by atoms with E-state index in [9.17, 15) is 0 Å². The van der Waals surface area contributed by atoms with Gasteiger partial charge in [0.25, 0.3) is 0 Å². The molecule has 0 aromatic rings. The second-order valence-corrected chi connectivity index (χ2v) is 11.2. The molecule has 15 heavy (non-hydrogen) atoms. The minimum atomic E-state index is -1.58. The minimum absolute atomic E-state index is 0.298. The molecule has 0 aromatic heterocycles. The molecule has 1 aliphatic rings. The van der Waals surface area contributed by atoms with Crippen molar-refractivity contribution in [3.05, 3.63) is 0 Å². The quantitative estimate of drug-likeness (QED) is 0.610. The summed E-state index contributed by atoms with van der Waals surface area (Å²) in [5.41, 5.74) is 0. The molecule has 1 rings (SSSR count). The van der Waals surface area contributed by atoms with E-state index in [1.807, 2.05) is 0 Å². The Morgan fingerprint density at radius 3 is 2.47 bits per heavy atom. The van der Waals surface area contributed by atoms with Crippen LogP contribution in [0, 0.1) is 0 Å². The van der Waals surface area contributed by atoms with Crippen LogP contribution < -0.4 is 5.32 Å². The van der Waals surface area contributed by atoms with Gasteiger partial charge in [-0.15, -0.1) is 0 Å². The topological polar surface area (TPSA) is 21.3 Å². The normalized spacial score (nSPS) is 23.0. The second kappa shape index (κ2) is 4.51. The third-order valence-electron chi connectivity index (χ3n) is 3.54. The molecule has 0 unspecified atom stereocenters. The van der Waals surface area contributed by atoms with Gasteiger partial charge in [0, 0.05) is 6.04 Å². The van der Waals surface area contributed by atoms with Crippen LogP contribution in [0.1, 0.15) is 33.6 Å². The number of rotatable bonds is 3. The Morgan fingerprint density at radius 1 is 1.47 bits per heavy atom. The highest BCUT2D eigenvalue weighted by Gasteiger charge is 2.37. The van der Waals surface area contributed by atoms with Crippen LogP contribution in [0.4, 0.5) is 0 Å². The fourth-order valence-electron chi connectivity index (χ4n) is 1.33. The lowest BCUT2D eigenvalue weighted by molar-refractivity contribution is 0.256. The molecule has 0 amide bonds. The Morgan fingerprint density at radius 2 is 2.07 bits per heavy atom. The van der Waals surface area contributed by atoms with Gasteiger partial charge in [0.15, 0.2) is 8.32 Å². The standard InChI is InChI=1S/C11H23NOSSi/c1-11(2,3)15(4,5)13-8-9-6-7-10(14)12-9/h9H,6-8H2,1-5H3,(H,12,14)/t9-/m1/s1. The highest BCUT2D eigenvalue weighted by atomic mass is 32.1. The molecule has 1 fully saturated rings. The number of hydrogen-bond acceptors (Lipinski definition) is 2. The van der Waals surface area contributed by atoms with Crippen molar-refractivity contribution in [1.82, 2.24) is 5.32 Å². The number of hydrogen-bond donors (Lipinski definition) is 1. The zero-order valence-electron chi connectivity index (χ0n) is 10.5. The zero-order chi connectivity index (χ0) is 11.7. The molecule has 1 N–H and O–H groups in total. The first kappa shape index (κ1) is 13.1. The van der Waals surface area contributed by atoms with Crippen LogP contribution in [0.2, 0.25) is 18.1 Å². The largest absolute Gasteiger partial charge is 0.415 e. The van der Waals surface area contributed by atoms with Crippen molar-refractivity contribution in [3.63, 3.8) is 0 Å². The SMILES string of the molecule is CC(C)(C)[Si](C)(C)OC[C@H]1CCC(=S)N1. The van der Waals surface area contributed by atoms with Crippen LogP contribution in [-0.2, 0) is 4.43 Å². The molecule has 1 saturated heterocycles. The molecule has 0 saturated carbocycles. The summed E-state index contributed by atoms with van der Waals surface area (Å²) >= 11 is 5.12. The summed E-state index contributed by atoms with van der Waals surface area (Å²) in [6, 6.07) is 0.451. The zero-order valence-corrected chi connectivity index (χ0v) is 12.3. The predicted molar refractivity (Wildman–Crippen MR) is 71.9 cm³/mol. The summed E-state index contributed by atoms with van der Waals surface area (Å²) in [5, 5.41) is 3.60. The van der Waals surface area contributed by atoms with E-state index < -0.39 is 8.32 Å². The van der Waals surface area contributed by atoms with Crippen LogP contribution in [0.15, 0.2) is 0 Å². The summed E-state index contributed by atoms with van der Waals surface area (Å²) in [6.07, 6.45) is 2.16. The molecule has 0 radical (unpaired) electrons. The number of thiocarbonyl (C=S) groups is 1. The van der Waals surface area contributed by atoms with E-state index >= 15 is 0 Å². The van der Waals surface area contributed by atoms with E-state index in [1.165, 1.54) is 0 Å². The first-order valence-corrected chi connectivity index (χ1v) is 8.97. The van der Waals surface area contributed by atoms with Gasteiger partial charge in [-0.2, -0.15) is 0 Å². The van der Waals surface area contributed by atoms with E-state index in [4.69, 9.17) is 16.6 Å². The molecule has 0 aromatic carbocycles. The van der Waals surface area contributed by atoms with Gasteiger partial charge in [-0.25, -0.2) is 0 Å². The van der Waals surface area contributed by atoms with Gasteiger partial charge >= 0.3 is 0 Å². The van der Waals surface area contributed by atoms with Crippen LogP contribution >= 0.6 is 12.2 Å². The highest BCUT2D eigenvalue weighted by Crippen LogP contribution is 2.36. The molecule has 1 atom stereocenters. The Bertz CT molecular complexity index is 247. The summed E-state index contributed by atoms with van der Waals surface area (Å²) in [4.78, 5) is 0.999. The van der Waals surface area contributed by atoms with Gasteiger partial charge in [0.05, 0.1) is 11.6 Å². The van der Waals surface area contributed by atoms with Crippen molar-refractivity contribution in [2.24, 2.45) is 0 Å². The Hall–Kier alpha value is 0.0669. The van der Waals surface area contributed by atoms with Crippen LogP contribution in [0.3, 0.4) is 0 Å². The van der Waals surface area contributed by atoms with Crippen molar-refractivity contribution in [1.29, 1.82) is 0 Å². The monoisotopic (exact) mass is 245 g/mol. The predicted octanol–water partition coefficient (Wildman–Crippen LogP) is 3.09. The first-order chi connectivity index (χ1) is 6.72. The molecule has 4 heteroatoms. The molecule has 1 aliphatic heterocycles. The summed E-state index contributed by atoms with van der Waals surface area (Å²) < 4.78 is 6.14. The summed E-state index contributed by atoms with van der Waals surface area (Å²) in [6.45, 7) is 12.2. The second-order valence-electron chi connectivity index (χ2n) is 5.87. The van der Waals surface area contributed by atoms with E-state index in [0.29, 0.717) is 11.1 Å². The average Bonchev–Trinajstić information content (AvgIpc) is 2.46. The lowest BCUT2D eigenvalue weighted by Crippen LogP contribution is -2.44.